The van der Waals surface area contributed by atoms with Crippen LogP contribution in [0.3, 0.4) is 0 Å². The standard InChI is InChI=1S/C15H26N6O8S/c16-6(1-2-10(17)23)12(25)21-9(5-30)14(27)20-8(4-22)13(26)19-7(15(28)29)3-11(18)24/h6-9,22,30H,1-5,16H2,(H2,17,23)(H2,18,24)(H,19,26)(H,20,27)(H,21,25)(H,28,29). The molecule has 0 saturated carbocycles. The topological polar surface area (TPSA) is 257 Å². The molecule has 0 saturated heterocycles. The van der Waals surface area contributed by atoms with Gasteiger partial charge >= 0.3 is 5.97 Å². The molecule has 14 nitrogen and oxygen atoms in total. The highest BCUT2D eigenvalue weighted by molar-refractivity contribution is 7.80. The molecule has 11 N–H and O–H groups in total. The van der Waals surface area contributed by atoms with Crippen LogP contribution in [0.1, 0.15) is 19.3 Å². The van der Waals surface area contributed by atoms with Gasteiger partial charge in [0, 0.05) is 12.2 Å². The number of aliphatic hydroxyl groups excluding tert-OH is 1. The highest BCUT2D eigenvalue weighted by Gasteiger charge is 2.30. The van der Waals surface area contributed by atoms with E-state index in [1.807, 2.05) is 5.32 Å². The van der Waals surface area contributed by atoms with Crippen molar-refractivity contribution in [1.29, 1.82) is 0 Å². The fourth-order valence-electron chi connectivity index (χ4n) is 2.04. The summed E-state index contributed by atoms with van der Waals surface area (Å²) in [4.78, 5) is 69.1. The third-order valence-electron chi connectivity index (χ3n) is 3.69. The van der Waals surface area contributed by atoms with Gasteiger partial charge < -0.3 is 43.4 Å². The molecule has 0 radical (unpaired) electrons. The fraction of sp³-hybridized carbons (Fsp3) is 0.600. The van der Waals surface area contributed by atoms with E-state index < -0.39 is 72.7 Å². The third-order valence-corrected chi connectivity index (χ3v) is 4.05. The lowest BCUT2D eigenvalue weighted by Crippen LogP contribution is -2.58. The van der Waals surface area contributed by atoms with Crippen molar-refractivity contribution in [1.82, 2.24) is 16.0 Å². The first-order chi connectivity index (χ1) is 13.9. The Hall–Kier alpha value is -2.91. The second kappa shape index (κ2) is 13.3. The maximum absolute atomic E-state index is 12.3. The first-order valence-corrected chi connectivity index (χ1v) is 9.23. The third kappa shape index (κ3) is 10.0. The minimum atomic E-state index is -1.66. The molecule has 0 aromatic carbocycles. The van der Waals surface area contributed by atoms with E-state index in [2.05, 4.69) is 23.3 Å². The van der Waals surface area contributed by atoms with Crippen LogP contribution in [-0.4, -0.2) is 82.2 Å². The highest BCUT2D eigenvalue weighted by atomic mass is 32.1. The molecule has 0 heterocycles. The summed E-state index contributed by atoms with van der Waals surface area (Å²) in [6.45, 7) is -0.911. The normalized spacial score (nSPS) is 14.5. The Kier molecular flexibility index (Phi) is 12.0. The second-order valence-corrected chi connectivity index (χ2v) is 6.53. The zero-order valence-electron chi connectivity index (χ0n) is 15.9. The molecular formula is C15H26N6O8S. The number of hydrogen-bond acceptors (Lipinski definition) is 9. The Morgan fingerprint density at radius 1 is 0.833 bits per heavy atom. The molecular weight excluding hydrogens is 424 g/mol. The Morgan fingerprint density at radius 3 is 1.77 bits per heavy atom. The Morgan fingerprint density at radius 2 is 1.33 bits per heavy atom. The molecule has 0 rings (SSSR count). The van der Waals surface area contributed by atoms with Crippen molar-refractivity contribution in [2.45, 2.75) is 43.4 Å². The summed E-state index contributed by atoms with van der Waals surface area (Å²) in [7, 11) is 0. The lowest BCUT2D eigenvalue weighted by atomic mass is 10.1. The summed E-state index contributed by atoms with van der Waals surface area (Å²) in [5.74, 6) is -6.19. The highest BCUT2D eigenvalue weighted by Crippen LogP contribution is 1.99. The van der Waals surface area contributed by atoms with Gasteiger partial charge in [-0.15, -0.1) is 0 Å². The van der Waals surface area contributed by atoms with Crippen LogP contribution < -0.4 is 33.2 Å². The summed E-state index contributed by atoms with van der Waals surface area (Å²) in [6, 6.07) is -5.64. The molecule has 4 atom stereocenters. The lowest BCUT2D eigenvalue weighted by molar-refractivity contribution is -0.144. The van der Waals surface area contributed by atoms with E-state index in [4.69, 9.17) is 22.3 Å². The minimum Gasteiger partial charge on any atom is -0.480 e. The molecule has 5 amide bonds. The summed E-state index contributed by atoms with van der Waals surface area (Å²) in [5.41, 5.74) is 15.5. The number of nitrogens with one attached hydrogen (secondary N) is 3. The minimum absolute atomic E-state index is 0.0554. The van der Waals surface area contributed by atoms with Gasteiger partial charge in [0.05, 0.1) is 19.1 Å². The number of carboxylic acid groups (broad SMARTS) is 1. The molecule has 0 aliphatic heterocycles. The van der Waals surface area contributed by atoms with Crippen LogP contribution in [0, 0.1) is 0 Å². The van der Waals surface area contributed by atoms with E-state index in [0.29, 0.717) is 0 Å². The number of aliphatic hydroxyl groups is 1. The number of nitrogens with two attached hydrogens (primary N) is 3. The predicted octanol–water partition coefficient (Wildman–Crippen LogP) is -5.08. The average molecular weight is 450 g/mol. The van der Waals surface area contributed by atoms with Gasteiger partial charge in [0.2, 0.25) is 29.5 Å². The second-order valence-electron chi connectivity index (χ2n) is 6.17. The summed E-state index contributed by atoms with van der Waals surface area (Å²) < 4.78 is 0. The van der Waals surface area contributed by atoms with Gasteiger partial charge in [-0.05, 0) is 6.42 Å². The van der Waals surface area contributed by atoms with Gasteiger partial charge in [0.1, 0.15) is 18.1 Å². The van der Waals surface area contributed by atoms with Crippen LogP contribution in [0.15, 0.2) is 0 Å². The number of amides is 5. The molecule has 0 fully saturated rings. The largest absolute Gasteiger partial charge is 0.480 e. The van der Waals surface area contributed by atoms with Crippen molar-refractivity contribution in [3.63, 3.8) is 0 Å². The molecule has 0 aliphatic rings. The average Bonchev–Trinajstić information content (AvgIpc) is 2.66. The molecule has 4 unspecified atom stereocenters. The zero-order chi connectivity index (χ0) is 23.4. The van der Waals surface area contributed by atoms with Crippen LogP contribution in [0.4, 0.5) is 0 Å². The number of carbonyl (C=O) groups is 6. The van der Waals surface area contributed by atoms with Crippen LogP contribution >= 0.6 is 12.6 Å². The van der Waals surface area contributed by atoms with Crippen LogP contribution in [0.2, 0.25) is 0 Å². The Bertz CT molecular complexity index is 676. The van der Waals surface area contributed by atoms with Crippen LogP contribution in [-0.2, 0) is 28.8 Å². The molecule has 0 spiro atoms. The van der Waals surface area contributed by atoms with E-state index in [1.165, 1.54) is 0 Å². The monoisotopic (exact) mass is 450 g/mol. The van der Waals surface area contributed by atoms with E-state index in [1.54, 1.807) is 0 Å². The molecule has 0 aromatic heterocycles. The van der Waals surface area contributed by atoms with Crippen molar-refractivity contribution in [2.24, 2.45) is 17.2 Å². The summed E-state index contributed by atoms with van der Waals surface area (Å²) >= 11 is 3.92. The molecule has 0 bridgehead atoms. The number of thiol groups is 1. The van der Waals surface area contributed by atoms with E-state index >= 15 is 0 Å². The van der Waals surface area contributed by atoms with Crippen LogP contribution in [0.5, 0.6) is 0 Å². The first-order valence-electron chi connectivity index (χ1n) is 8.60. The zero-order valence-corrected chi connectivity index (χ0v) is 16.8. The van der Waals surface area contributed by atoms with E-state index in [9.17, 15) is 33.9 Å². The van der Waals surface area contributed by atoms with Gasteiger partial charge in [-0.1, -0.05) is 0 Å². The van der Waals surface area contributed by atoms with Crippen molar-refractivity contribution in [2.75, 3.05) is 12.4 Å². The van der Waals surface area contributed by atoms with Gasteiger partial charge in [0.15, 0.2) is 0 Å². The molecule has 30 heavy (non-hydrogen) atoms. The fourth-order valence-corrected chi connectivity index (χ4v) is 2.30. The quantitative estimate of drug-likeness (QED) is 0.114. The maximum atomic E-state index is 12.3. The van der Waals surface area contributed by atoms with Gasteiger partial charge in [-0.2, -0.15) is 12.6 Å². The van der Waals surface area contributed by atoms with E-state index in [0.717, 1.165) is 0 Å². The number of carbonyl (C=O) groups excluding carboxylic acids is 5. The molecule has 0 aliphatic carbocycles. The van der Waals surface area contributed by atoms with Gasteiger partial charge in [-0.25, -0.2) is 4.79 Å². The van der Waals surface area contributed by atoms with Gasteiger partial charge in [-0.3, -0.25) is 24.0 Å². The smallest absolute Gasteiger partial charge is 0.326 e. The molecule has 0 aromatic rings. The maximum Gasteiger partial charge on any atom is 0.326 e. The van der Waals surface area contributed by atoms with Crippen molar-refractivity contribution in [3.05, 3.63) is 0 Å². The number of carboxylic acids is 1. The summed E-state index contributed by atoms with van der Waals surface area (Å²) in [6.07, 6.45) is -0.902. The number of primary amides is 2. The Balaban J connectivity index is 4.97. The Labute approximate surface area is 176 Å². The number of rotatable bonds is 14. The molecule has 170 valence electrons. The summed E-state index contributed by atoms with van der Waals surface area (Å²) in [5, 5.41) is 24.7. The van der Waals surface area contributed by atoms with E-state index in [-0.39, 0.29) is 18.6 Å². The SMILES string of the molecule is NC(=O)CCC(N)C(=O)NC(CS)C(=O)NC(CO)C(=O)NC(CC(N)=O)C(=O)O. The predicted molar refractivity (Wildman–Crippen MR) is 105 cm³/mol. The van der Waals surface area contributed by atoms with Crippen molar-refractivity contribution in [3.8, 4) is 0 Å². The van der Waals surface area contributed by atoms with Crippen molar-refractivity contribution < 1.29 is 39.0 Å². The lowest BCUT2D eigenvalue weighted by Gasteiger charge is -2.23. The number of aliphatic carboxylic acids is 1. The van der Waals surface area contributed by atoms with Crippen molar-refractivity contribution >= 4 is 48.1 Å². The molecule has 15 heteroatoms. The van der Waals surface area contributed by atoms with Crippen LogP contribution in [0.25, 0.3) is 0 Å². The van der Waals surface area contributed by atoms with Gasteiger partial charge in [0.25, 0.3) is 0 Å². The first kappa shape index (κ1) is 27.1. The number of hydrogen-bond donors (Lipinski definition) is 9.